The monoisotopic (exact) mass is 576 g/mol. The summed E-state index contributed by atoms with van der Waals surface area (Å²) < 4.78 is 49.1. The van der Waals surface area contributed by atoms with Crippen molar-refractivity contribution in [1.29, 1.82) is 0 Å². The van der Waals surface area contributed by atoms with Gasteiger partial charge in [-0.3, -0.25) is 24.0 Å². The van der Waals surface area contributed by atoms with Crippen molar-refractivity contribution in [2.75, 3.05) is 26.3 Å². The number of Topliss-reactive ketones (excluding diaryl/α,β-unsaturated/α-hetero) is 1. The van der Waals surface area contributed by atoms with Crippen LogP contribution in [-0.2, 0) is 15.7 Å². The largest absolute Gasteiger partial charge is 0.481 e. The highest BCUT2D eigenvalue weighted by Gasteiger charge is 2.43. The summed E-state index contributed by atoms with van der Waals surface area (Å²) in [4.78, 5) is 42.8. The van der Waals surface area contributed by atoms with Gasteiger partial charge in [0.2, 0.25) is 0 Å². The number of nitrogens with zero attached hydrogens (tertiary/aromatic N) is 4. The minimum absolute atomic E-state index is 0.0168. The molecule has 2 aromatic rings. The van der Waals surface area contributed by atoms with E-state index in [2.05, 4.69) is 10.1 Å². The molecule has 0 spiro atoms. The van der Waals surface area contributed by atoms with E-state index in [4.69, 9.17) is 27.9 Å². The molecule has 1 atom stereocenters. The Bertz CT molecular complexity index is 1190. The summed E-state index contributed by atoms with van der Waals surface area (Å²) in [6, 6.07) is -0.712. The molecule has 0 aromatic carbocycles. The molecule has 1 aliphatic carbocycles. The van der Waals surface area contributed by atoms with Crippen LogP contribution in [0.25, 0.3) is 0 Å². The zero-order chi connectivity index (χ0) is 27.6. The third-order valence-corrected chi connectivity index (χ3v) is 7.52. The van der Waals surface area contributed by atoms with Crippen molar-refractivity contribution in [3.63, 3.8) is 0 Å². The summed E-state index contributed by atoms with van der Waals surface area (Å²) in [5.74, 6) is -3.45. The van der Waals surface area contributed by atoms with E-state index in [0.29, 0.717) is 19.6 Å². The van der Waals surface area contributed by atoms with Gasteiger partial charge in [-0.1, -0.05) is 23.2 Å². The molecule has 14 heteroatoms. The molecule has 38 heavy (non-hydrogen) atoms. The molecule has 2 aliphatic rings. The lowest BCUT2D eigenvalue weighted by Crippen LogP contribution is -2.40. The van der Waals surface area contributed by atoms with Gasteiger partial charge < -0.3 is 14.7 Å². The van der Waals surface area contributed by atoms with Crippen LogP contribution in [0.4, 0.5) is 13.2 Å². The Labute approximate surface area is 225 Å². The number of carboxylic acid groups (broad SMARTS) is 1. The molecular weight excluding hydrogens is 552 g/mol. The third-order valence-electron chi connectivity index (χ3n) is 6.94. The number of hydrogen-bond donors (Lipinski definition) is 1. The van der Waals surface area contributed by atoms with Gasteiger partial charge in [0.05, 0.1) is 52.5 Å². The number of halogens is 5. The second-order valence-electron chi connectivity index (χ2n) is 9.51. The van der Waals surface area contributed by atoms with E-state index in [1.54, 1.807) is 0 Å². The van der Waals surface area contributed by atoms with Gasteiger partial charge in [-0.25, -0.2) is 0 Å². The first-order valence-corrected chi connectivity index (χ1v) is 12.8. The SMILES string of the molecule is O=C(CN(C[C@H]1CCOC1)C(=O)c1cnn([C@H]2CC[C@H](C(=O)O)CC2)c1C(F)(F)F)c1c(Cl)cncc1Cl. The fourth-order valence-corrected chi connectivity index (χ4v) is 5.58. The number of amides is 1. The van der Waals surface area contributed by atoms with Gasteiger partial charge >= 0.3 is 12.1 Å². The number of rotatable bonds is 8. The minimum atomic E-state index is -4.92. The highest BCUT2D eigenvalue weighted by molar-refractivity contribution is 6.39. The Morgan fingerprint density at radius 3 is 2.29 bits per heavy atom. The van der Waals surface area contributed by atoms with E-state index >= 15 is 0 Å². The molecule has 1 saturated carbocycles. The van der Waals surface area contributed by atoms with E-state index in [-0.39, 0.29) is 53.8 Å². The first-order chi connectivity index (χ1) is 18.0. The molecule has 4 rings (SSSR count). The van der Waals surface area contributed by atoms with Crippen LogP contribution in [0.5, 0.6) is 0 Å². The molecule has 1 amide bonds. The average molecular weight is 577 g/mol. The number of hydrogen-bond acceptors (Lipinski definition) is 6. The highest BCUT2D eigenvalue weighted by Crippen LogP contribution is 2.39. The molecular formula is C24H25Cl2F3N4O5. The van der Waals surface area contributed by atoms with Crippen LogP contribution in [0.3, 0.4) is 0 Å². The zero-order valence-electron chi connectivity index (χ0n) is 20.1. The summed E-state index contributed by atoms with van der Waals surface area (Å²) in [6.45, 7) is 0.155. The van der Waals surface area contributed by atoms with Gasteiger partial charge in [0.25, 0.3) is 5.91 Å². The number of aliphatic carboxylic acids is 1. The lowest BCUT2D eigenvalue weighted by Gasteiger charge is -2.29. The van der Waals surface area contributed by atoms with E-state index in [9.17, 15) is 32.7 Å². The number of alkyl halides is 3. The summed E-state index contributed by atoms with van der Waals surface area (Å²) in [6.07, 6.45) is -0.297. The molecule has 1 aliphatic heterocycles. The van der Waals surface area contributed by atoms with Gasteiger partial charge in [-0.15, -0.1) is 0 Å². The van der Waals surface area contributed by atoms with Crippen molar-refractivity contribution in [2.24, 2.45) is 11.8 Å². The molecule has 206 valence electrons. The highest BCUT2D eigenvalue weighted by atomic mass is 35.5. The summed E-state index contributed by atoms with van der Waals surface area (Å²) in [5.41, 5.74) is -1.98. The predicted octanol–water partition coefficient (Wildman–Crippen LogP) is 4.78. The second-order valence-corrected chi connectivity index (χ2v) is 10.3. The van der Waals surface area contributed by atoms with Crippen molar-refractivity contribution in [1.82, 2.24) is 19.7 Å². The lowest BCUT2D eigenvalue weighted by atomic mass is 9.86. The number of ether oxygens (including phenoxy) is 1. The molecule has 0 bridgehead atoms. The number of ketones is 1. The van der Waals surface area contributed by atoms with E-state index in [0.717, 1.165) is 15.8 Å². The quantitative estimate of drug-likeness (QED) is 0.449. The van der Waals surface area contributed by atoms with Gasteiger partial charge in [-0.05, 0) is 32.1 Å². The fourth-order valence-electron chi connectivity index (χ4n) is 5.00. The summed E-state index contributed by atoms with van der Waals surface area (Å²) in [5, 5.41) is 13.0. The molecule has 1 saturated heterocycles. The maximum atomic E-state index is 14.3. The molecule has 2 aromatic heterocycles. The maximum Gasteiger partial charge on any atom is 0.433 e. The first kappa shape index (κ1) is 28.3. The van der Waals surface area contributed by atoms with E-state index in [1.807, 2.05) is 0 Å². The van der Waals surface area contributed by atoms with Gasteiger partial charge in [0, 0.05) is 31.5 Å². The Hall–Kier alpha value is -2.70. The Kier molecular flexibility index (Phi) is 8.63. The van der Waals surface area contributed by atoms with Crippen molar-refractivity contribution in [3.8, 4) is 0 Å². The van der Waals surface area contributed by atoms with Crippen molar-refractivity contribution >= 4 is 40.9 Å². The maximum absolute atomic E-state index is 14.3. The van der Waals surface area contributed by atoms with Crippen molar-refractivity contribution in [3.05, 3.63) is 45.5 Å². The Morgan fingerprint density at radius 1 is 1.08 bits per heavy atom. The molecule has 1 N–H and O–H groups in total. The summed E-state index contributed by atoms with van der Waals surface area (Å²) >= 11 is 12.2. The normalized spacial score (nSPS) is 21.9. The number of carbonyl (C=O) groups is 3. The molecule has 9 nitrogen and oxygen atoms in total. The van der Waals surface area contributed by atoms with Crippen molar-refractivity contribution in [2.45, 2.75) is 44.3 Å². The van der Waals surface area contributed by atoms with Crippen LogP contribution in [-0.4, -0.2) is 68.7 Å². The second kappa shape index (κ2) is 11.6. The number of carbonyl (C=O) groups excluding carboxylic acids is 2. The average Bonchev–Trinajstić information content (AvgIpc) is 3.53. The van der Waals surface area contributed by atoms with Crippen LogP contribution < -0.4 is 0 Å². The molecule has 0 radical (unpaired) electrons. The third kappa shape index (κ3) is 6.13. The van der Waals surface area contributed by atoms with Crippen LogP contribution in [0.1, 0.15) is 64.6 Å². The molecule has 2 fully saturated rings. The van der Waals surface area contributed by atoms with Gasteiger partial charge in [-0.2, -0.15) is 18.3 Å². The predicted molar refractivity (Wildman–Crippen MR) is 129 cm³/mol. The Morgan fingerprint density at radius 2 is 1.74 bits per heavy atom. The van der Waals surface area contributed by atoms with Crippen LogP contribution in [0, 0.1) is 11.8 Å². The molecule has 3 heterocycles. The number of carboxylic acids is 1. The lowest BCUT2D eigenvalue weighted by molar-refractivity contribution is -0.147. The van der Waals surface area contributed by atoms with Gasteiger partial charge in [0.1, 0.15) is 0 Å². The topological polar surface area (TPSA) is 115 Å². The fraction of sp³-hybridized carbons (Fsp3) is 0.542. The standard InChI is InChI=1S/C24H25Cl2F3N4O5/c25-17-8-30-9-18(26)20(17)19(34)11-32(10-13-5-6-38-12-13)22(35)16-7-31-33(21(16)24(27,28)29)15-3-1-14(2-4-15)23(36)37/h7-9,13-15H,1-6,10-12H2,(H,36,37)/t13-,14-,15-/m1/s1. The zero-order valence-corrected chi connectivity index (χ0v) is 21.6. The Balaban J connectivity index is 1.65. The minimum Gasteiger partial charge on any atom is -0.481 e. The number of pyridine rings is 1. The van der Waals surface area contributed by atoms with E-state index in [1.165, 1.54) is 12.4 Å². The summed E-state index contributed by atoms with van der Waals surface area (Å²) in [7, 11) is 0. The smallest absolute Gasteiger partial charge is 0.433 e. The van der Waals surface area contributed by atoms with Crippen LogP contribution >= 0.6 is 23.2 Å². The van der Waals surface area contributed by atoms with Crippen molar-refractivity contribution < 1.29 is 37.4 Å². The number of aromatic nitrogens is 3. The van der Waals surface area contributed by atoms with Gasteiger partial charge in [0.15, 0.2) is 11.5 Å². The van der Waals surface area contributed by atoms with Crippen LogP contribution in [0.15, 0.2) is 18.6 Å². The van der Waals surface area contributed by atoms with Crippen LogP contribution in [0.2, 0.25) is 10.0 Å². The molecule has 0 unspecified atom stereocenters. The van der Waals surface area contributed by atoms with E-state index < -0.39 is 53.6 Å². The first-order valence-electron chi connectivity index (χ1n) is 12.0.